The lowest BCUT2D eigenvalue weighted by molar-refractivity contribution is -0.141. The highest BCUT2D eigenvalue weighted by atomic mass is 16.5. The number of aliphatic imine (C=N–C) groups is 1. The summed E-state index contributed by atoms with van der Waals surface area (Å²) < 4.78 is 5.12. The summed E-state index contributed by atoms with van der Waals surface area (Å²) in [5, 5.41) is 0. The fourth-order valence-corrected chi connectivity index (χ4v) is 4.04. The maximum atomic E-state index is 12.8. The number of hydrogen-bond donors (Lipinski definition) is 0. The van der Waals surface area contributed by atoms with Crippen molar-refractivity contribution in [1.29, 1.82) is 0 Å². The van der Waals surface area contributed by atoms with Crippen LogP contribution < -0.4 is 9.80 Å². The molecule has 0 N–H and O–H groups in total. The Hall–Kier alpha value is -3.15. The van der Waals surface area contributed by atoms with Gasteiger partial charge in [-0.3, -0.25) is 9.69 Å². The molecule has 1 aliphatic heterocycles. The van der Waals surface area contributed by atoms with Gasteiger partial charge in [-0.25, -0.2) is 4.79 Å². The van der Waals surface area contributed by atoms with Gasteiger partial charge in [0, 0.05) is 12.6 Å². The highest BCUT2D eigenvalue weighted by molar-refractivity contribution is 6.17. The number of aryl methyl sites for hydroxylation is 4. The predicted molar refractivity (Wildman–Crippen MR) is 116 cm³/mol. The van der Waals surface area contributed by atoms with E-state index in [1.54, 1.807) is 0 Å². The zero-order valence-electron chi connectivity index (χ0n) is 17.8. The molecule has 0 spiro atoms. The van der Waals surface area contributed by atoms with Crippen molar-refractivity contribution in [2.75, 3.05) is 23.5 Å². The molecule has 3 rings (SSSR count). The third kappa shape index (κ3) is 3.75. The van der Waals surface area contributed by atoms with Crippen LogP contribution in [0.25, 0.3) is 0 Å². The largest absolute Gasteiger partial charge is 0.467 e. The van der Waals surface area contributed by atoms with Gasteiger partial charge in [0.2, 0.25) is 11.9 Å². The van der Waals surface area contributed by atoms with E-state index in [1.165, 1.54) is 14.0 Å². The summed E-state index contributed by atoms with van der Waals surface area (Å²) >= 11 is 0. The molecular formula is C23H27N3O3. The van der Waals surface area contributed by atoms with E-state index >= 15 is 0 Å². The van der Waals surface area contributed by atoms with Crippen LogP contribution in [0, 0.1) is 27.7 Å². The predicted octanol–water partition coefficient (Wildman–Crippen LogP) is 3.69. The van der Waals surface area contributed by atoms with Gasteiger partial charge in [-0.2, -0.15) is 4.99 Å². The van der Waals surface area contributed by atoms with E-state index in [0.717, 1.165) is 33.6 Å². The molecule has 1 unspecified atom stereocenters. The van der Waals surface area contributed by atoms with Crippen LogP contribution in [0.5, 0.6) is 0 Å². The van der Waals surface area contributed by atoms with Crippen molar-refractivity contribution in [3.63, 3.8) is 0 Å². The van der Waals surface area contributed by atoms with Crippen molar-refractivity contribution < 1.29 is 14.3 Å². The molecule has 29 heavy (non-hydrogen) atoms. The number of hydrogen-bond acceptors (Lipinski definition) is 3. The second-order valence-corrected chi connectivity index (χ2v) is 7.43. The van der Waals surface area contributed by atoms with Crippen LogP contribution in [0.4, 0.5) is 11.4 Å². The third-order valence-corrected chi connectivity index (χ3v) is 5.24. The van der Waals surface area contributed by atoms with Crippen molar-refractivity contribution in [1.82, 2.24) is 0 Å². The molecule has 1 heterocycles. The minimum atomic E-state index is -0.614. The summed E-state index contributed by atoms with van der Waals surface area (Å²) in [6, 6.07) is 11.4. The number of rotatable bonds is 3. The van der Waals surface area contributed by atoms with Gasteiger partial charge in [0.25, 0.3) is 0 Å². The van der Waals surface area contributed by atoms with Crippen LogP contribution in [0.1, 0.15) is 29.2 Å². The number of esters is 1. The summed E-state index contributed by atoms with van der Waals surface area (Å²) in [6.07, 6.45) is 0. The van der Waals surface area contributed by atoms with Gasteiger partial charge in [-0.05, 0) is 49.9 Å². The Morgan fingerprint density at radius 3 is 1.86 bits per heavy atom. The fourth-order valence-electron chi connectivity index (χ4n) is 4.04. The molecule has 6 nitrogen and oxygen atoms in total. The van der Waals surface area contributed by atoms with Crippen molar-refractivity contribution in [2.24, 2.45) is 4.99 Å². The van der Waals surface area contributed by atoms with Crippen molar-refractivity contribution in [3.05, 3.63) is 58.7 Å². The second kappa shape index (κ2) is 8.07. The SMILES string of the molecule is COC(=O)C1CN(c2c(C)cccc2C)C(=NC(C)=O)N1c1c(C)cccc1C. The van der Waals surface area contributed by atoms with Crippen LogP contribution in [0.3, 0.4) is 0 Å². The van der Waals surface area contributed by atoms with Gasteiger partial charge >= 0.3 is 5.97 Å². The second-order valence-electron chi connectivity index (χ2n) is 7.43. The first kappa shape index (κ1) is 20.6. The van der Waals surface area contributed by atoms with E-state index < -0.39 is 6.04 Å². The summed E-state index contributed by atoms with van der Waals surface area (Å²) in [7, 11) is 1.38. The molecule has 152 valence electrons. The Balaban J connectivity index is 2.28. The van der Waals surface area contributed by atoms with Crippen LogP contribution in [-0.2, 0) is 14.3 Å². The number of carbonyl (C=O) groups is 2. The molecular weight excluding hydrogens is 366 g/mol. The molecule has 1 atom stereocenters. The number of nitrogens with zero attached hydrogens (tertiary/aromatic N) is 3. The fraction of sp³-hybridized carbons (Fsp3) is 0.348. The Labute approximate surface area is 171 Å². The highest BCUT2D eigenvalue weighted by Gasteiger charge is 2.44. The molecule has 0 aromatic heterocycles. The van der Waals surface area contributed by atoms with Gasteiger partial charge in [0.05, 0.1) is 19.3 Å². The molecule has 2 aromatic carbocycles. The summed E-state index contributed by atoms with van der Waals surface area (Å²) in [4.78, 5) is 33.0. The van der Waals surface area contributed by atoms with Gasteiger partial charge in [-0.15, -0.1) is 0 Å². The first-order chi connectivity index (χ1) is 13.8. The van der Waals surface area contributed by atoms with Crippen molar-refractivity contribution in [2.45, 2.75) is 40.7 Å². The summed E-state index contributed by atoms with van der Waals surface area (Å²) in [5.74, 6) is -0.238. The maximum Gasteiger partial charge on any atom is 0.330 e. The average molecular weight is 393 g/mol. The molecule has 1 fully saturated rings. The number of amides is 1. The molecule has 0 saturated carbocycles. The van der Waals surface area contributed by atoms with E-state index in [9.17, 15) is 9.59 Å². The molecule has 1 aliphatic rings. The Morgan fingerprint density at radius 2 is 1.41 bits per heavy atom. The number of anilines is 2. The smallest absolute Gasteiger partial charge is 0.330 e. The Morgan fingerprint density at radius 1 is 0.931 bits per heavy atom. The minimum Gasteiger partial charge on any atom is -0.467 e. The lowest BCUT2D eigenvalue weighted by atomic mass is 10.1. The van der Waals surface area contributed by atoms with E-state index in [0.29, 0.717) is 12.5 Å². The number of guanidine groups is 1. The third-order valence-electron chi connectivity index (χ3n) is 5.24. The number of benzene rings is 2. The van der Waals surface area contributed by atoms with E-state index in [4.69, 9.17) is 4.74 Å². The van der Waals surface area contributed by atoms with E-state index in [-0.39, 0.29) is 11.9 Å². The van der Waals surface area contributed by atoms with E-state index in [1.807, 2.05) is 73.9 Å². The van der Waals surface area contributed by atoms with Crippen molar-refractivity contribution >= 4 is 29.2 Å². The highest BCUT2D eigenvalue weighted by Crippen LogP contribution is 2.36. The maximum absolute atomic E-state index is 12.8. The number of para-hydroxylation sites is 2. The van der Waals surface area contributed by atoms with Gasteiger partial charge in [-0.1, -0.05) is 36.4 Å². The minimum absolute atomic E-state index is 0.321. The van der Waals surface area contributed by atoms with Gasteiger partial charge in [0.1, 0.15) is 0 Å². The molecule has 0 bridgehead atoms. The Kier molecular flexibility index (Phi) is 5.73. The standard InChI is InChI=1S/C23H27N3O3/c1-14-9-7-10-15(2)20(14)25-13-19(22(28)29-6)26(23(25)24-18(5)27)21-16(3)11-8-12-17(21)4/h7-12,19H,13H2,1-6H3. The van der Waals surface area contributed by atoms with Crippen LogP contribution in [-0.4, -0.2) is 37.5 Å². The molecule has 2 aromatic rings. The zero-order valence-corrected chi connectivity index (χ0v) is 17.8. The molecule has 1 amide bonds. The summed E-state index contributed by atoms with van der Waals surface area (Å²) in [6.45, 7) is 9.78. The average Bonchev–Trinajstić information content (AvgIpc) is 2.99. The monoisotopic (exact) mass is 393 g/mol. The number of methoxy groups -OCH3 is 1. The quantitative estimate of drug-likeness (QED) is 0.744. The molecule has 0 radical (unpaired) electrons. The van der Waals surface area contributed by atoms with Crippen LogP contribution >= 0.6 is 0 Å². The van der Waals surface area contributed by atoms with Crippen LogP contribution in [0.15, 0.2) is 41.4 Å². The molecule has 1 saturated heterocycles. The topological polar surface area (TPSA) is 62.2 Å². The van der Waals surface area contributed by atoms with Crippen LogP contribution in [0.2, 0.25) is 0 Å². The zero-order chi connectivity index (χ0) is 21.3. The molecule has 0 aliphatic carbocycles. The first-order valence-electron chi connectivity index (χ1n) is 9.62. The first-order valence-corrected chi connectivity index (χ1v) is 9.62. The van der Waals surface area contributed by atoms with Gasteiger partial charge in [0.15, 0.2) is 6.04 Å². The lowest BCUT2D eigenvalue weighted by Gasteiger charge is -2.28. The number of carbonyl (C=O) groups excluding carboxylic acids is 2. The Bertz CT molecular complexity index is 956. The molecule has 6 heteroatoms. The van der Waals surface area contributed by atoms with Crippen molar-refractivity contribution in [3.8, 4) is 0 Å². The number of ether oxygens (including phenoxy) is 1. The van der Waals surface area contributed by atoms with E-state index in [2.05, 4.69) is 4.99 Å². The summed E-state index contributed by atoms with van der Waals surface area (Å²) in [5.41, 5.74) is 5.92. The lowest BCUT2D eigenvalue weighted by Crippen LogP contribution is -2.42. The normalized spacial score (nSPS) is 17.7. The van der Waals surface area contributed by atoms with Gasteiger partial charge < -0.3 is 9.64 Å².